The van der Waals surface area contributed by atoms with Crippen LogP contribution in [0.1, 0.15) is 36.7 Å². The van der Waals surface area contributed by atoms with Crippen LogP contribution in [0.2, 0.25) is 0 Å². The van der Waals surface area contributed by atoms with Gasteiger partial charge in [-0.15, -0.1) is 0 Å². The molecule has 0 aliphatic carbocycles. The molecular weight excluding hydrogens is 322 g/mol. The van der Waals surface area contributed by atoms with Crippen molar-refractivity contribution in [3.05, 3.63) is 84.1 Å². The van der Waals surface area contributed by atoms with Crippen LogP contribution in [0.25, 0.3) is 0 Å². The maximum absolute atomic E-state index is 12.1. The zero-order valence-corrected chi connectivity index (χ0v) is 15.3. The van der Waals surface area contributed by atoms with Crippen LogP contribution in [-0.4, -0.2) is 10.9 Å². The summed E-state index contributed by atoms with van der Waals surface area (Å²) >= 11 is 0. The van der Waals surface area contributed by atoms with Gasteiger partial charge in [-0.3, -0.25) is 4.79 Å². The van der Waals surface area contributed by atoms with E-state index >= 15 is 0 Å². The summed E-state index contributed by atoms with van der Waals surface area (Å²) in [4.78, 5) is 16.5. The van der Waals surface area contributed by atoms with E-state index in [9.17, 15) is 4.79 Å². The van der Waals surface area contributed by atoms with Gasteiger partial charge < -0.3 is 10.6 Å². The number of aromatic nitrogens is 1. The Morgan fingerprint density at radius 2 is 1.50 bits per heavy atom. The summed E-state index contributed by atoms with van der Waals surface area (Å²) in [5.41, 5.74) is 3.68. The summed E-state index contributed by atoms with van der Waals surface area (Å²) < 4.78 is 0. The van der Waals surface area contributed by atoms with E-state index in [4.69, 9.17) is 0 Å². The van der Waals surface area contributed by atoms with Gasteiger partial charge in [0, 0.05) is 11.3 Å². The fraction of sp³-hybridized carbons (Fsp3) is 0.182. The Morgan fingerprint density at radius 3 is 2.08 bits per heavy atom. The maximum Gasteiger partial charge on any atom is 0.255 e. The second-order valence-corrected chi connectivity index (χ2v) is 7.20. The highest BCUT2D eigenvalue weighted by Gasteiger charge is 2.12. The van der Waals surface area contributed by atoms with Gasteiger partial charge in [0.2, 0.25) is 0 Å². The molecule has 3 aromatic rings. The normalized spacial score (nSPS) is 11.0. The van der Waals surface area contributed by atoms with E-state index in [0.717, 1.165) is 11.5 Å². The average molecular weight is 345 g/mol. The lowest BCUT2D eigenvalue weighted by atomic mass is 9.87. The van der Waals surface area contributed by atoms with Crippen LogP contribution in [0, 0.1) is 0 Å². The third-order valence-corrected chi connectivity index (χ3v) is 4.08. The Balaban J connectivity index is 1.63. The Hall–Kier alpha value is -3.14. The highest BCUT2D eigenvalue weighted by Crippen LogP contribution is 2.24. The summed E-state index contributed by atoms with van der Waals surface area (Å²) in [7, 11) is 0. The fourth-order valence-corrected chi connectivity index (χ4v) is 2.54. The van der Waals surface area contributed by atoms with Crippen molar-refractivity contribution in [3.8, 4) is 0 Å². The second-order valence-electron chi connectivity index (χ2n) is 7.20. The van der Waals surface area contributed by atoms with Crippen LogP contribution in [0.3, 0.4) is 0 Å². The van der Waals surface area contributed by atoms with Crippen molar-refractivity contribution in [1.29, 1.82) is 0 Å². The number of hydrogen-bond donors (Lipinski definition) is 2. The van der Waals surface area contributed by atoms with Crippen molar-refractivity contribution in [2.45, 2.75) is 26.2 Å². The maximum atomic E-state index is 12.1. The van der Waals surface area contributed by atoms with Crippen molar-refractivity contribution in [1.82, 2.24) is 4.98 Å². The first-order valence-electron chi connectivity index (χ1n) is 8.62. The molecule has 4 nitrogen and oxygen atoms in total. The first kappa shape index (κ1) is 17.7. The number of anilines is 3. The van der Waals surface area contributed by atoms with E-state index in [2.05, 4.69) is 48.5 Å². The highest BCUT2D eigenvalue weighted by atomic mass is 16.1. The van der Waals surface area contributed by atoms with Crippen molar-refractivity contribution < 1.29 is 4.79 Å². The van der Waals surface area contributed by atoms with Crippen molar-refractivity contribution in [2.75, 3.05) is 10.6 Å². The molecule has 0 spiro atoms. The molecule has 26 heavy (non-hydrogen) atoms. The van der Waals surface area contributed by atoms with Crippen molar-refractivity contribution in [3.63, 3.8) is 0 Å². The molecule has 0 saturated carbocycles. The van der Waals surface area contributed by atoms with Gasteiger partial charge in [0.05, 0.1) is 11.9 Å². The first-order chi connectivity index (χ1) is 12.4. The molecule has 0 bridgehead atoms. The van der Waals surface area contributed by atoms with Crippen LogP contribution < -0.4 is 10.6 Å². The lowest BCUT2D eigenvalue weighted by molar-refractivity contribution is 0.102. The first-order valence-corrected chi connectivity index (χ1v) is 8.62. The highest BCUT2D eigenvalue weighted by molar-refractivity contribution is 6.04. The van der Waals surface area contributed by atoms with Crippen LogP contribution in [0.15, 0.2) is 72.9 Å². The molecule has 4 heteroatoms. The number of nitrogens with zero attached hydrogens (tertiary/aromatic N) is 1. The monoisotopic (exact) mass is 345 g/mol. The fourth-order valence-electron chi connectivity index (χ4n) is 2.54. The summed E-state index contributed by atoms with van der Waals surface area (Å²) in [6, 6.07) is 21.1. The number of nitrogens with one attached hydrogen (secondary N) is 2. The van der Waals surface area contributed by atoms with Gasteiger partial charge in [-0.1, -0.05) is 51.1 Å². The second kappa shape index (κ2) is 7.40. The van der Waals surface area contributed by atoms with E-state index in [1.807, 2.05) is 42.5 Å². The Bertz CT molecular complexity index is 864. The zero-order chi connectivity index (χ0) is 18.6. The molecule has 0 saturated heterocycles. The average Bonchev–Trinajstić information content (AvgIpc) is 2.64. The SMILES string of the molecule is CC(C)(C)c1ccc(Nc2ccc(NC(=O)c3ccccc3)cn2)cc1. The van der Waals surface area contributed by atoms with Gasteiger partial charge in [0.15, 0.2) is 0 Å². The number of hydrogen-bond acceptors (Lipinski definition) is 3. The number of amides is 1. The summed E-state index contributed by atoms with van der Waals surface area (Å²) in [6.45, 7) is 6.58. The lowest BCUT2D eigenvalue weighted by Crippen LogP contribution is -2.12. The predicted octanol–water partition coefficient (Wildman–Crippen LogP) is 5.38. The van der Waals surface area contributed by atoms with Gasteiger partial charge in [0.25, 0.3) is 5.91 Å². The summed E-state index contributed by atoms with van der Waals surface area (Å²) in [6.07, 6.45) is 1.65. The van der Waals surface area contributed by atoms with Crippen molar-refractivity contribution >= 4 is 23.1 Å². The molecule has 2 aromatic carbocycles. The van der Waals surface area contributed by atoms with Gasteiger partial charge in [0.1, 0.15) is 5.82 Å². The van der Waals surface area contributed by atoms with E-state index in [1.165, 1.54) is 5.56 Å². The molecular formula is C22H23N3O. The number of pyridine rings is 1. The molecule has 0 fully saturated rings. The topological polar surface area (TPSA) is 54.0 Å². The number of benzene rings is 2. The molecule has 132 valence electrons. The van der Waals surface area contributed by atoms with Crippen molar-refractivity contribution in [2.24, 2.45) is 0 Å². The van der Waals surface area contributed by atoms with Gasteiger partial charge in [-0.2, -0.15) is 0 Å². The molecule has 0 unspecified atom stereocenters. The lowest BCUT2D eigenvalue weighted by Gasteiger charge is -2.19. The molecule has 0 atom stereocenters. The molecule has 1 heterocycles. The number of carbonyl (C=O) groups excluding carboxylic acids is 1. The molecule has 0 aliphatic heterocycles. The zero-order valence-electron chi connectivity index (χ0n) is 15.3. The predicted molar refractivity (Wildman–Crippen MR) is 107 cm³/mol. The van der Waals surface area contributed by atoms with E-state index in [-0.39, 0.29) is 11.3 Å². The van der Waals surface area contributed by atoms with Crippen LogP contribution in [-0.2, 0) is 5.41 Å². The molecule has 2 N–H and O–H groups in total. The standard InChI is InChI=1S/C22H23N3O/c1-22(2,3)17-9-11-18(12-10-17)24-20-14-13-19(15-23-20)25-21(26)16-7-5-4-6-8-16/h4-15H,1-3H3,(H,23,24)(H,25,26). The van der Waals surface area contributed by atoms with E-state index < -0.39 is 0 Å². The van der Waals surface area contributed by atoms with Crippen LogP contribution in [0.5, 0.6) is 0 Å². The van der Waals surface area contributed by atoms with Gasteiger partial charge in [-0.05, 0) is 47.4 Å². The summed E-state index contributed by atoms with van der Waals surface area (Å²) in [5, 5.41) is 6.12. The van der Waals surface area contributed by atoms with Gasteiger partial charge in [-0.25, -0.2) is 4.98 Å². The number of rotatable bonds is 4. The Labute approximate surface area is 154 Å². The largest absolute Gasteiger partial charge is 0.340 e. The quantitative estimate of drug-likeness (QED) is 0.668. The van der Waals surface area contributed by atoms with Crippen LogP contribution >= 0.6 is 0 Å². The molecule has 1 aromatic heterocycles. The molecule has 0 radical (unpaired) electrons. The Kier molecular flexibility index (Phi) is 5.03. The molecule has 0 aliphatic rings. The third kappa shape index (κ3) is 4.48. The van der Waals surface area contributed by atoms with E-state index in [1.54, 1.807) is 18.3 Å². The minimum Gasteiger partial charge on any atom is -0.340 e. The van der Waals surface area contributed by atoms with Crippen LogP contribution in [0.4, 0.5) is 17.2 Å². The van der Waals surface area contributed by atoms with E-state index in [0.29, 0.717) is 11.3 Å². The molecule has 3 rings (SSSR count). The third-order valence-electron chi connectivity index (χ3n) is 4.08. The smallest absolute Gasteiger partial charge is 0.255 e. The van der Waals surface area contributed by atoms with Gasteiger partial charge >= 0.3 is 0 Å². The number of carbonyl (C=O) groups is 1. The molecule has 1 amide bonds. The minimum absolute atomic E-state index is 0.134. The minimum atomic E-state index is -0.147. The summed E-state index contributed by atoms with van der Waals surface area (Å²) in [5.74, 6) is 0.581. The Morgan fingerprint density at radius 1 is 0.846 bits per heavy atom.